The molecule has 0 atom stereocenters. The molecule has 0 fully saturated rings. The van der Waals surface area contributed by atoms with E-state index in [-0.39, 0.29) is 5.76 Å². The Labute approximate surface area is 51.0 Å². The van der Waals surface area contributed by atoms with Gasteiger partial charge in [0.05, 0.1) is 7.11 Å². The van der Waals surface area contributed by atoms with E-state index in [1.807, 2.05) is 0 Å². The summed E-state index contributed by atoms with van der Waals surface area (Å²) in [5, 5.41) is 0. The number of esters is 1. The number of methoxy groups -OCH3 is 1. The van der Waals surface area contributed by atoms with E-state index in [4.69, 9.17) is 0 Å². The van der Waals surface area contributed by atoms with Crippen molar-refractivity contribution in [2.75, 3.05) is 7.11 Å². The van der Waals surface area contributed by atoms with Gasteiger partial charge in [-0.05, 0) is 0 Å². The van der Waals surface area contributed by atoms with E-state index in [1.165, 1.54) is 19.4 Å². The smallest absolute Gasteiger partial charge is 0.403 e. The lowest BCUT2D eigenvalue weighted by atomic mass is 10.5. The summed E-state index contributed by atoms with van der Waals surface area (Å²) in [5.74, 6) is -0.471. The average Bonchev–Trinajstić information content (AvgIpc) is 2.37. The second-order valence-electron chi connectivity index (χ2n) is 1.34. The minimum absolute atomic E-state index is 0.0671. The second kappa shape index (κ2) is 2.30. The quantitative estimate of drug-likeness (QED) is 0.321. The fourth-order valence-corrected chi connectivity index (χ4v) is 0.400. The van der Waals surface area contributed by atoms with Crippen LogP contribution in [0.1, 0.15) is 10.6 Å². The topological polar surface area (TPSA) is 50.7 Å². The first-order valence-corrected chi connectivity index (χ1v) is 2.29. The van der Waals surface area contributed by atoms with E-state index in [0.717, 1.165) is 0 Å². The van der Waals surface area contributed by atoms with Crippen molar-refractivity contribution in [3.63, 3.8) is 0 Å². The van der Waals surface area contributed by atoms with Crippen LogP contribution in [0.3, 0.4) is 0 Å². The molecule has 4 heteroatoms. The largest absolute Gasteiger partial charge is 0.463 e. The van der Waals surface area contributed by atoms with Gasteiger partial charge in [-0.2, -0.15) is 0 Å². The zero-order valence-electron chi connectivity index (χ0n) is 4.79. The Morgan fingerprint density at radius 3 is 3.11 bits per heavy atom. The van der Waals surface area contributed by atoms with Gasteiger partial charge in [0, 0.05) is 4.58 Å². The fourth-order valence-electron chi connectivity index (χ4n) is 0.400. The van der Waals surface area contributed by atoms with Gasteiger partial charge in [-0.25, -0.2) is 4.79 Å². The summed E-state index contributed by atoms with van der Waals surface area (Å²) in [6.45, 7) is 0. The van der Waals surface area contributed by atoms with Crippen molar-refractivity contribution in [2.45, 2.75) is 0 Å². The number of rotatable bonds is 1. The zero-order chi connectivity index (χ0) is 6.69. The highest BCUT2D eigenvalue weighted by Gasteiger charge is 2.14. The molecular weight excluding hydrogens is 124 g/mol. The Bertz CT molecular complexity index is 189. The van der Waals surface area contributed by atoms with Crippen LogP contribution in [0, 0.1) is 0 Å². The Morgan fingerprint density at radius 1 is 1.89 bits per heavy atom. The van der Waals surface area contributed by atoms with E-state index in [1.54, 1.807) is 0 Å². The normalized spacial score (nSPS) is 9.00. The highest BCUT2D eigenvalue weighted by molar-refractivity contribution is 5.85. The summed E-state index contributed by atoms with van der Waals surface area (Å²) in [4.78, 5) is 10.5. The zero-order valence-corrected chi connectivity index (χ0v) is 4.79. The number of ether oxygens (including phenoxy) is 1. The second-order valence-corrected chi connectivity index (χ2v) is 1.34. The van der Waals surface area contributed by atoms with Gasteiger partial charge >= 0.3 is 18.0 Å². The summed E-state index contributed by atoms with van der Waals surface area (Å²) < 4.78 is 12.9. The summed E-state index contributed by atoms with van der Waals surface area (Å²) in [6.07, 6.45) is 1.26. The van der Waals surface area contributed by atoms with Crippen LogP contribution in [0.5, 0.6) is 0 Å². The molecule has 0 saturated heterocycles. The molecule has 1 aromatic rings. The molecule has 0 aliphatic heterocycles. The molecule has 0 unspecified atom stereocenters. The molecule has 0 amide bonds. The van der Waals surface area contributed by atoms with Gasteiger partial charge in [-0.3, -0.25) is 0 Å². The predicted molar refractivity (Wildman–Crippen MR) is 26.7 cm³/mol. The monoisotopic (exact) mass is 129 g/mol. The summed E-state index contributed by atoms with van der Waals surface area (Å²) in [5.41, 5.74) is 0. The third kappa shape index (κ3) is 1.07. The molecule has 4 nitrogen and oxygen atoms in total. The molecule has 0 radical (unpaired) electrons. The van der Waals surface area contributed by atoms with Crippen molar-refractivity contribution in [3.8, 4) is 0 Å². The molecule has 0 saturated carbocycles. The average molecular weight is 129 g/mol. The molecule has 0 aromatic carbocycles. The first-order chi connectivity index (χ1) is 4.34. The maximum atomic E-state index is 10.5. The summed E-state index contributed by atoms with van der Waals surface area (Å²) >= 11 is 0. The van der Waals surface area contributed by atoms with Crippen LogP contribution in [0.15, 0.2) is 21.5 Å². The molecule has 1 rings (SSSR count). The SMILES string of the molecule is COC(=O)c1cc[o+]o1. The molecule has 1 heterocycles. The van der Waals surface area contributed by atoms with E-state index in [2.05, 4.69) is 13.9 Å². The van der Waals surface area contributed by atoms with Gasteiger partial charge in [0.15, 0.2) is 0 Å². The van der Waals surface area contributed by atoms with Crippen LogP contribution in [-0.4, -0.2) is 13.1 Å². The van der Waals surface area contributed by atoms with E-state index < -0.39 is 5.97 Å². The van der Waals surface area contributed by atoms with Gasteiger partial charge in [-0.1, -0.05) is 4.58 Å². The first kappa shape index (κ1) is 5.81. The molecule has 0 N–H and O–H groups in total. The van der Waals surface area contributed by atoms with Crippen molar-refractivity contribution >= 4 is 5.97 Å². The van der Waals surface area contributed by atoms with Crippen LogP contribution in [0.25, 0.3) is 0 Å². The van der Waals surface area contributed by atoms with Gasteiger partial charge < -0.3 is 4.74 Å². The molecule has 9 heavy (non-hydrogen) atoms. The Balaban J connectivity index is 2.77. The van der Waals surface area contributed by atoms with Crippen molar-refractivity contribution in [1.29, 1.82) is 0 Å². The Hall–Kier alpha value is -1.32. The molecule has 48 valence electrons. The maximum Gasteiger partial charge on any atom is 0.403 e. The molecule has 0 aliphatic carbocycles. The molecular formula is C5H5O4+. The first-order valence-electron chi connectivity index (χ1n) is 2.29. The number of hydrogen-bond donors (Lipinski definition) is 0. The molecule has 0 aliphatic rings. The van der Waals surface area contributed by atoms with Crippen LogP contribution in [0.4, 0.5) is 0 Å². The lowest BCUT2D eigenvalue weighted by Gasteiger charge is -1.84. The number of hydrogen-bond acceptors (Lipinski definition) is 3. The fraction of sp³-hybridized carbons (Fsp3) is 0.200. The van der Waals surface area contributed by atoms with E-state index in [0.29, 0.717) is 0 Å². The Morgan fingerprint density at radius 2 is 2.67 bits per heavy atom. The van der Waals surface area contributed by atoms with Crippen molar-refractivity contribution in [1.82, 2.24) is 0 Å². The summed E-state index contributed by atoms with van der Waals surface area (Å²) in [6, 6.07) is 1.38. The maximum absolute atomic E-state index is 10.5. The molecule has 1 aromatic heterocycles. The third-order valence-electron chi connectivity index (χ3n) is 0.799. The van der Waals surface area contributed by atoms with E-state index >= 15 is 0 Å². The standard InChI is InChI=1S/C5H5O4/c1-7-5(6)4-2-3-8-9-4/h2-3H,1H3/q+1. The van der Waals surface area contributed by atoms with Crippen LogP contribution < -0.4 is 0 Å². The van der Waals surface area contributed by atoms with Gasteiger partial charge in [0.1, 0.15) is 6.07 Å². The highest BCUT2D eigenvalue weighted by Crippen LogP contribution is 2.00. The van der Waals surface area contributed by atoms with Crippen molar-refractivity contribution < 1.29 is 18.7 Å². The van der Waals surface area contributed by atoms with Crippen LogP contribution in [0.2, 0.25) is 0 Å². The molecule has 0 spiro atoms. The minimum atomic E-state index is -0.538. The Kier molecular flexibility index (Phi) is 1.48. The van der Waals surface area contributed by atoms with E-state index in [9.17, 15) is 4.79 Å². The minimum Gasteiger partial charge on any atom is -0.463 e. The van der Waals surface area contributed by atoms with Crippen molar-refractivity contribution in [2.24, 2.45) is 0 Å². The summed E-state index contributed by atoms with van der Waals surface area (Å²) in [7, 11) is 1.27. The highest BCUT2D eigenvalue weighted by atomic mass is 17.0. The predicted octanol–water partition coefficient (Wildman–Crippen LogP) is 0.940. The van der Waals surface area contributed by atoms with Gasteiger partial charge in [0.25, 0.3) is 0 Å². The molecule has 0 bridgehead atoms. The van der Waals surface area contributed by atoms with Crippen molar-refractivity contribution in [3.05, 3.63) is 18.1 Å². The van der Waals surface area contributed by atoms with Crippen LogP contribution in [-0.2, 0) is 4.74 Å². The van der Waals surface area contributed by atoms with Crippen LogP contribution >= 0.6 is 0 Å². The third-order valence-corrected chi connectivity index (χ3v) is 0.799. The number of carbonyl (C=O) groups is 1. The lowest BCUT2D eigenvalue weighted by molar-refractivity contribution is 0.0265. The van der Waals surface area contributed by atoms with Gasteiger partial charge in [0.2, 0.25) is 0 Å². The lowest BCUT2D eigenvalue weighted by Crippen LogP contribution is -1.97. The number of carbonyl (C=O) groups excluding carboxylic acids is 1. The van der Waals surface area contributed by atoms with Gasteiger partial charge in [-0.15, -0.1) is 0 Å².